The smallest absolute Gasteiger partial charge is 0.311 e. The van der Waals surface area contributed by atoms with Crippen molar-refractivity contribution in [2.24, 2.45) is 0 Å². The summed E-state index contributed by atoms with van der Waals surface area (Å²) >= 11 is 0. The zero-order chi connectivity index (χ0) is 14.3. The van der Waals surface area contributed by atoms with Crippen molar-refractivity contribution in [1.82, 2.24) is 0 Å². The van der Waals surface area contributed by atoms with Crippen LogP contribution >= 0.6 is 0 Å². The van der Waals surface area contributed by atoms with E-state index in [9.17, 15) is 9.59 Å². The van der Waals surface area contributed by atoms with Crippen LogP contribution in [0.3, 0.4) is 0 Å². The summed E-state index contributed by atoms with van der Waals surface area (Å²) in [6.45, 7) is 6.25. The Bertz CT molecular complexity index is 420. The van der Waals surface area contributed by atoms with Crippen LogP contribution in [0.2, 0.25) is 0 Å². The number of hydrogen-bond donors (Lipinski definition) is 0. The fourth-order valence-electron chi connectivity index (χ4n) is 1.54. The predicted octanol–water partition coefficient (Wildman–Crippen LogP) is 3.06. The van der Waals surface area contributed by atoms with Crippen molar-refractivity contribution >= 4 is 11.9 Å². The molecule has 0 fully saturated rings. The highest BCUT2D eigenvalue weighted by atomic mass is 16.5. The van der Waals surface area contributed by atoms with Gasteiger partial charge in [-0.3, -0.25) is 9.59 Å². The van der Waals surface area contributed by atoms with E-state index in [1.165, 1.54) is 5.56 Å². The molecule has 0 unspecified atom stereocenters. The van der Waals surface area contributed by atoms with E-state index in [-0.39, 0.29) is 18.8 Å². The Morgan fingerprint density at radius 1 is 1.05 bits per heavy atom. The van der Waals surface area contributed by atoms with E-state index in [0.29, 0.717) is 18.3 Å². The quantitative estimate of drug-likeness (QED) is 0.585. The van der Waals surface area contributed by atoms with Gasteiger partial charge in [-0.15, -0.1) is 0 Å². The van der Waals surface area contributed by atoms with Crippen LogP contribution in [0.25, 0.3) is 0 Å². The lowest BCUT2D eigenvalue weighted by molar-refractivity contribution is -0.146. The Labute approximate surface area is 113 Å². The summed E-state index contributed by atoms with van der Waals surface area (Å²) in [7, 11) is 0. The Kier molecular flexibility index (Phi) is 6.06. The van der Waals surface area contributed by atoms with Gasteiger partial charge in [0.25, 0.3) is 0 Å². The van der Waals surface area contributed by atoms with Crippen LogP contribution in [-0.2, 0) is 14.3 Å². The van der Waals surface area contributed by atoms with E-state index in [2.05, 4.69) is 13.8 Å². The number of esters is 2. The number of benzene rings is 1. The fourth-order valence-corrected chi connectivity index (χ4v) is 1.54. The largest absolute Gasteiger partial charge is 0.466 e. The van der Waals surface area contributed by atoms with Crippen molar-refractivity contribution in [1.29, 1.82) is 0 Å². The highest BCUT2D eigenvalue weighted by molar-refractivity contribution is 5.78. The number of carbonyl (C=O) groups is 2. The van der Waals surface area contributed by atoms with E-state index < -0.39 is 5.97 Å². The second-order valence-corrected chi connectivity index (χ2v) is 4.50. The Morgan fingerprint density at radius 3 is 2.16 bits per heavy atom. The van der Waals surface area contributed by atoms with Gasteiger partial charge < -0.3 is 9.47 Å². The van der Waals surface area contributed by atoms with Crippen LogP contribution in [0.5, 0.6) is 5.75 Å². The third-order valence-electron chi connectivity index (χ3n) is 2.62. The highest BCUT2D eigenvalue weighted by Crippen LogP contribution is 2.18. The lowest BCUT2D eigenvalue weighted by Crippen LogP contribution is -2.12. The molecule has 0 radical (unpaired) electrons. The van der Waals surface area contributed by atoms with Gasteiger partial charge >= 0.3 is 11.9 Å². The Hall–Kier alpha value is -1.84. The van der Waals surface area contributed by atoms with Crippen LogP contribution in [0.4, 0.5) is 0 Å². The van der Waals surface area contributed by atoms with Crippen molar-refractivity contribution in [3.8, 4) is 5.75 Å². The maximum atomic E-state index is 11.5. The predicted molar refractivity (Wildman–Crippen MR) is 72.0 cm³/mol. The van der Waals surface area contributed by atoms with E-state index >= 15 is 0 Å². The maximum absolute atomic E-state index is 11.5. The molecule has 1 aromatic rings. The van der Waals surface area contributed by atoms with Gasteiger partial charge in [-0.2, -0.15) is 0 Å². The molecule has 4 heteroatoms. The Morgan fingerprint density at radius 2 is 1.63 bits per heavy atom. The van der Waals surface area contributed by atoms with Crippen molar-refractivity contribution in [3.63, 3.8) is 0 Å². The van der Waals surface area contributed by atoms with E-state index in [0.717, 1.165) is 0 Å². The van der Waals surface area contributed by atoms with Gasteiger partial charge in [0.2, 0.25) is 0 Å². The highest BCUT2D eigenvalue weighted by Gasteiger charge is 2.09. The third-order valence-corrected chi connectivity index (χ3v) is 2.62. The SMILES string of the molecule is CCOC(=O)CCC(=O)Oc1ccc(C(C)C)cc1. The lowest BCUT2D eigenvalue weighted by Gasteiger charge is -2.07. The molecule has 0 aliphatic carbocycles. The van der Waals surface area contributed by atoms with Crippen LogP contribution in [-0.4, -0.2) is 18.5 Å². The summed E-state index contributed by atoms with van der Waals surface area (Å²) in [5.74, 6) is 0.131. The molecular formula is C15H20O4. The minimum absolute atomic E-state index is 0.0325. The van der Waals surface area contributed by atoms with Crippen molar-refractivity contribution < 1.29 is 19.1 Å². The first kappa shape index (κ1) is 15.2. The molecule has 0 aliphatic heterocycles. The fraction of sp³-hybridized carbons (Fsp3) is 0.467. The van der Waals surface area contributed by atoms with E-state index in [1.807, 2.05) is 12.1 Å². The van der Waals surface area contributed by atoms with E-state index in [1.54, 1.807) is 19.1 Å². The van der Waals surface area contributed by atoms with Crippen LogP contribution in [0, 0.1) is 0 Å². The van der Waals surface area contributed by atoms with Crippen LogP contribution in [0.15, 0.2) is 24.3 Å². The molecule has 0 aliphatic rings. The average Bonchev–Trinajstić information content (AvgIpc) is 2.37. The second kappa shape index (κ2) is 7.56. The van der Waals surface area contributed by atoms with Gasteiger partial charge in [0.05, 0.1) is 19.4 Å². The second-order valence-electron chi connectivity index (χ2n) is 4.50. The summed E-state index contributed by atoms with van der Waals surface area (Å²) in [4.78, 5) is 22.6. The van der Waals surface area contributed by atoms with Gasteiger partial charge in [-0.05, 0) is 30.5 Å². The summed E-state index contributed by atoms with van der Waals surface area (Å²) < 4.78 is 9.87. The molecule has 19 heavy (non-hydrogen) atoms. The molecule has 104 valence electrons. The molecule has 0 saturated heterocycles. The lowest BCUT2D eigenvalue weighted by atomic mass is 10.0. The van der Waals surface area contributed by atoms with Gasteiger partial charge in [0, 0.05) is 0 Å². The molecule has 0 saturated carbocycles. The summed E-state index contributed by atoms with van der Waals surface area (Å²) in [5.41, 5.74) is 1.19. The first-order valence-electron chi connectivity index (χ1n) is 6.49. The standard InChI is InChI=1S/C15H20O4/c1-4-18-14(16)9-10-15(17)19-13-7-5-12(6-8-13)11(2)3/h5-8,11H,4,9-10H2,1-3H3. The molecule has 0 aromatic heterocycles. The van der Waals surface area contributed by atoms with Crippen LogP contribution < -0.4 is 4.74 Å². The minimum Gasteiger partial charge on any atom is -0.466 e. The normalized spacial score (nSPS) is 10.3. The Balaban J connectivity index is 2.42. The van der Waals surface area contributed by atoms with Gasteiger partial charge in [-0.25, -0.2) is 0 Å². The molecular weight excluding hydrogens is 244 g/mol. The molecule has 0 spiro atoms. The average molecular weight is 264 g/mol. The first-order valence-corrected chi connectivity index (χ1v) is 6.49. The van der Waals surface area contributed by atoms with Gasteiger partial charge in [0.1, 0.15) is 5.75 Å². The van der Waals surface area contributed by atoms with Crippen molar-refractivity contribution in [2.45, 2.75) is 39.5 Å². The molecule has 1 rings (SSSR count). The summed E-state index contributed by atoms with van der Waals surface area (Å²) in [6.07, 6.45) is 0.0848. The number of ether oxygens (including phenoxy) is 2. The molecule has 0 atom stereocenters. The molecule has 4 nitrogen and oxygen atoms in total. The van der Waals surface area contributed by atoms with Crippen molar-refractivity contribution in [2.75, 3.05) is 6.61 Å². The topological polar surface area (TPSA) is 52.6 Å². The summed E-state index contributed by atoms with van der Waals surface area (Å²) in [5, 5.41) is 0. The zero-order valence-electron chi connectivity index (χ0n) is 11.6. The number of rotatable bonds is 6. The minimum atomic E-state index is -0.426. The number of hydrogen-bond acceptors (Lipinski definition) is 4. The molecule has 0 bridgehead atoms. The molecule has 0 heterocycles. The monoisotopic (exact) mass is 264 g/mol. The number of carbonyl (C=O) groups excluding carboxylic acids is 2. The molecule has 0 N–H and O–H groups in total. The van der Waals surface area contributed by atoms with Gasteiger partial charge in [-0.1, -0.05) is 26.0 Å². The molecule has 0 amide bonds. The van der Waals surface area contributed by atoms with Crippen LogP contribution in [0.1, 0.15) is 45.1 Å². The maximum Gasteiger partial charge on any atom is 0.311 e. The van der Waals surface area contributed by atoms with Crippen molar-refractivity contribution in [3.05, 3.63) is 29.8 Å². The van der Waals surface area contributed by atoms with Gasteiger partial charge in [0.15, 0.2) is 0 Å². The zero-order valence-corrected chi connectivity index (χ0v) is 11.6. The summed E-state index contributed by atoms with van der Waals surface area (Å²) in [6, 6.07) is 7.38. The third kappa shape index (κ3) is 5.55. The first-order chi connectivity index (χ1) is 9.02. The molecule has 1 aromatic carbocycles. The van der Waals surface area contributed by atoms with E-state index in [4.69, 9.17) is 9.47 Å².